The number of hydrogen-bond acceptors (Lipinski definition) is 6. The van der Waals surface area contributed by atoms with E-state index in [2.05, 4.69) is 53.6 Å². The number of nitrogens with zero attached hydrogens (tertiary/aromatic N) is 6. The third-order valence-corrected chi connectivity index (χ3v) is 5.84. The van der Waals surface area contributed by atoms with E-state index >= 15 is 0 Å². The lowest BCUT2D eigenvalue weighted by Gasteiger charge is -1.97. The number of aromatic nitrogens is 6. The van der Waals surface area contributed by atoms with Crippen LogP contribution in [0.2, 0.25) is 0 Å². The van der Waals surface area contributed by atoms with Crippen molar-refractivity contribution in [3.8, 4) is 21.4 Å². The topological polar surface area (TPSA) is 60.9 Å². The van der Waals surface area contributed by atoms with Crippen LogP contribution in [-0.4, -0.2) is 29.6 Å². The highest BCUT2D eigenvalue weighted by Gasteiger charge is 2.19. The zero-order chi connectivity index (χ0) is 16.1. The van der Waals surface area contributed by atoms with Crippen LogP contribution in [-0.2, 0) is 7.05 Å². The van der Waals surface area contributed by atoms with Gasteiger partial charge in [-0.2, -0.15) is 14.7 Å². The molecule has 0 atom stereocenters. The van der Waals surface area contributed by atoms with E-state index in [1.54, 1.807) is 22.7 Å². The molecule has 0 aliphatic rings. The summed E-state index contributed by atoms with van der Waals surface area (Å²) in [6.45, 7) is 6.36. The van der Waals surface area contributed by atoms with E-state index in [9.17, 15) is 0 Å². The molecule has 0 aliphatic heterocycles. The van der Waals surface area contributed by atoms with Gasteiger partial charge in [-0.1, -0.05) is 25.2 Å². The van der Waals surface area contributed by atoms with Gasteiger partial charge >= 0.3 is 0 Å². The van der Waals surface area contributed by atoms with Gasteiger partial charge in [0.15, 0.2) is 5.01 Å². The predicted octanol–water partition coefficient (Wildman–Crippen LogP) is 3.75. The monoisotopic (exact) mass is 344 g/mol. The zero-order valence-corrected chi connectivity index (χ0v) is 14.9. The van der Waals surface area contributed by atoms with Gasteiger partial charge in [0.05, 0.1) is 10.6 Å². The molecular formula is C15H16N6S2. The van der Waals surface area contributed by atoms with Gasteiger partial charge in [0.1, 0.15) is 5.69 Å². The lowest BCUT2D eigenvalue weighted by atomic mass is 10.1. The first-order chi connectivity index (χ1) is 11.0. The van der Waals surface area contributed by atoms with E-state index in [-0.39, 0.29) is 0 Å². The molecule has 4 aromatic rings. The van der Waals surface area contributed by atoms with Crippen molar-refractivity contribution in [3.63, 3.8) is 0 Å². The van der Waals surface area contributed by atoms with Crippen molar-refractivity contribution in [1.29, 1.82) is 0 Å². The van der Waals surface area contributed by atoms with Gasteiger partial charge in [-0.05, 0) is 35.9 Å². The van der Waals surface area contributed by atoms with Crippen LogP contribution < -0.4 is 0 Å². The molecule has 0 unspecified atom stereocenters. The maximum absolute atomic E-state index is 4.73. The molecule has 0 saturated heterocycles. The van der Waals surface area contributed by atoms with E-state index in [1.165, 1.54) is 10.4 Å². The smallest absolute Gasteiger partial charge is 0.235 e. The van der Waals surface area contributed by atoms with Crippen LogP contribution >= 0.6 is 22.7 Å². The molecule has 0 spiro atoms. The molecule has 0 amide bonds. The molecule has 8 heteroatoms. The maximum Gasteiger partial charge on any atom is 0.235 e. The molecule has 4 rings (SSSR count). The Morgan fingerprint density at radius 2 is 2.00 bits per heavy atom. The lowest BCUT2D eigenvalue weighted by molar-refractivity contribution is 0.713. The number of fused-ring (bicyclic) bond motifs is 1. The molecule has 0 radical (unpaired) electrons. The number of hydrogen-bond donors (Lipinski definition) is 0. The van der Waals surface area contributed by atoms with Crippen LogP contribution in [0.1, 0.15) is 31.0 Å². The Bertz CT molecular complexity index is 987. The van der Waals surface area contributed by atoms with Crippen LogP contribution in [0, 0.1) is 6.92 Å². The van der Waals surface area contributed by atoms with Gasteiger partial charge < -0.3 is 0 Å². The van der Waals surface area contributed by atoms with Crippen molar-refractivity contribution < 1.29 is 0 Å². The van der Waals surface area contributed by atoms with Crippen LogP contribution in [0.4, 0.5) is 0 Å². The van der Waals surface area contributed by atoms with Crippen molar-refractivity contribution in [1.82, 2.24) is 29.6 Å². The Morgan fingerprint density at radius 1 is 1.17 bits per heavy atom. The minimum atomic E-state index is 0.373. The third-order valence-electron chi connectivity index (χ3n) is 3.77. The highest BCUT2D eigenvalue weighted by Crippen LogP contribution is 2.33. The molecule has 118 valence electrons. The van der Waals surface area contributed by atoms with Gasteiger partial charge in [0.25, 0.3) is 0 Å². The van der Waals surface area contributed by atoms with Crippen molar-refractivity contribution in [2.24, 2.45) is 7.05 Å². The molecule has 0 bridgehead atoms. The van der Waals surface area contributed by atoms with Crippen molar-refractivity contribution >= 4 is 27.6 Å². The van der Waals surface area contributed by atoms with Gasteiger partial charge in [-0.3, -0.25) is 4.68 Å². The molecular weight excluding hydrogens is 328 g/mol. The van der Waals surface area contributed by atoms with E-state index in [4.69, 9.17) is 5.10 Å². The molecule has 4 aromatic heterocycles. The first kappa shape index (κ1) is 14.5. The van der Waals surface area contributed by atoms with Gasteiger partial charge in [-0.25, -0.2) is 0 Å². The Morgan fingerprint density at radius 3 is 2.65 bits per heavy atom. The molecule has 4 heterocycles. The van der Waals surface area contributed by atoms with Crippen LogP contribution in [0.15, 0.2) is 17.5 Å². The molecule has 0 aliphatic carbocycles. The van der Waals surface area contributed by atoms with E-state index < -0.39 is 0 Å². The Kier molecular flexibility index (Phi) is 3.31. The van der Waals surface area contributed by atoms with Gasteiger partial charge in [0.2, 0.25) is 10.8 Å². The molecule has 0 fully saturated rings. The summed E-state index contributed by atoms with van der Waals surface area (Å²) in [7, 11) is 1.93. The second-order valence-electron chi connectivity index (χ2n) is 5.79. The quantitative estimate of drug-likeness (QED) is 0.568. The number of thiophene rings is 1. The minimum Gasteiger partial charge on any atom is -0.264 e. The Labute approximate surface area is 141 Å². The number of rotatable bonds is 3. The SMILES string of the molecule is Cc1ccsc1-c1nn2c(-c3cc(C(C)C)nn3C)nnc2s1. The third kappa shape index (κ3) is 2.29. The fourth-order valence-corrected chi connectivity index (χ4v) is 4.36. The highest BCUT2D eigenvalue weighted by atomic mass is 32.1. The Balaban J connectivity index is 1.86. The average Bonchev–Trinajstić information content (AvgIpc) is 3.21. The van der Waals surface area contributed by atoms with Crippen molar-refractivity contribution in [2.45, 2.75) is 26.7 Å². The summed E-state index contributed by atoms with van der Waals surface area (Å²) in [4.78, 5) is 1.99. The largest absolute Gasteiger partial charge is 0.264 e. The van der Waals surface area contributed by atoms with E-state index in [0.29, 0.717) is 5.92 Å². The summed E-state index contributed by atoms with van der Waals surface area (Å²) in [5.41, 5.74) is 3.22. The van der Waals surface area contributed by atoms with E-state index in [1.807, 2.05) is 16.2 Å². The summed E-state index contributed by atoms with van der Waals surface area (Å²) in [5.74, 6) is 1.11. The Hall–Kier alpha value is -2.06. The first-order valence-corrected chi connectivity index (χ1v) is 9.05. The summed E-state index contributed by atoms with van der Waals surface area (Å²) < 4.78 is 3.67. The molecule has 0 saturated carbocycles. The molecule has 0 aromatic carbocycles. The second-order valence-corrected chi connectivity index (χ2v) is 7.66. The van der Waals surface area contributed by atoms with Crippen molar-refractivity contribution in [2.75, 3.05) is 0 Å². The molecule has 23 heavy (non-hydrogen) atoms. The average molecular weight is 344 g/mol. The van der Waals surface area contributed by atoms with Crippen LogP contribution in [0.25, 0.3) is 26.4 Å². The fraction of sp³-hybridized carbons (Fsp3) is 0.333. The summed E-state index contributed by atoms with van der Waals surface area (Å²) in [5, 5.41) is 20.9. The standard InChI is InChI=1S/C15H16N6S2/c1-8(2)10-7-11(20(4)18-10)13-16-17-15-21(13)19-14(23-15)12-9(3)5-6-22-12/h5-8H,1-4H3. The second kappa shape index (κ2) is 5.24. The molecule has 0 N–H and O–H groups in total. The minimum absolute atomic E-state index is 0.373. The van der Waals surface area contributed by atoms with Gasteiger partial charge in [-0.15, -0.1) is 21.5 Å². The number of aryl methyl sites for hydroxylation is 2. The normalized spacial score (nSPS) is 11.9. The van der Waals surface area contributed by atoms with Crippen LogP contribution in [0.5, 0.6) is 0 Å². The summed E-state index contributed by atoms with van der Waals surface area (Å²) >= 11 is 3.27. The zero-order valence-electron chi connectivity index (χ0n) is 13.3. The maximum atomic E-state index is 4.73. The van der Waals surface area contributed by atoms with Crippen molar-refractivity contribution in [3.05, 3.63) is 28.8 Å². The molecule has 6 nitrogen and oxygen atoms in total. The van der Waals surface area contributed by atoms with E-state index in [0.717, 1.165) is 27.2 Å². The fourth-order valence-electron chi connectivity index (χ4n) is 2.44. The highest BCUT2D eigenvalue weighted by molar-refractivity contribution is 7.24. The first-order valence-electron chi connectivity index (χ1n) is 7.35. The lowest BCUT2D eigenvalue weighted by Crippen LogP contribution is -1.99. The predicted molar refractivity (Wildman–Crippen MR) is 93.0 cm³/mol. The van der Waals surface area contributed by atoms with Crippen LogP contribution in [0.3, 0.4) is 0 Å². The summed E-state index contributed by atoms with van der Waals surface area (Å²) in [6.07, 6.45) is 0. The summed E-state index contributed by atoms with van der Waals surface area (Å²) in [6, 6.07) is 4.18. The van der Waals surface area contributed by atoms with Gasteiger partial charge in [0, 0.05) is 7.05 Å².